The summed E-state index contributed by atoms with van der Waals surface area (Å²) in [7, 11) is 5.67. The Hall–Kier alpha value is -1.55. The molecule has 0 radical (unpaired) electrons. The molecule has 0 aliphatic heterocycles. The molecule has 4 heteroatoms. The second kappa shape index (κ2) is 5.36. The Morgan fingerprint density at radius 1 is 1.40 bits per heavy atom. The fourth-order valence-electron chi connectivity index (χ4n) is 1.43. The monoisotopic (exact) mass is 207 g/mol. The molecule has 0 spiro atoms. The summed E-state index contributed by atoms with van der Waals surface area (Å²) in [5.74, 6) is 0.766. The predicted molar refractivity (Wildman–Crippen MR) is 63.3 cm³/mol. The lowest BCUT2D eigenvalue weighted by atomic mass is 10.1. The molecular formula is C11H17N3O. The van der Waals surface area contributed by atoms with Gasteiger partial charge in [-0.3, -0.25) is 0 Å². The molecule has 0 aliphatic rings. The number of amidine groups is 1. The molecule has 15 heavy (non-hydrogen) atoms. The van der Waals surface area contributed by atoms with E-state index in [1.165, 1.54) is 0 Å². The van der Waals surface area contributed by atoms with Crippen LogP contribution < -0.4 is 5.32 Å². The maximum atomic E-state index is 8.88. The number of aliphatic hydroxyl groups excluding tert-OH is 1. The number of nitrogens with zero attached hydrogens (tertiary/aromatic N) is 2. The molecule has 1 rings (SSSR count). The average Bonchev–Trinajstić information content (AvgIpc) is 2.25. The van der Waals surface area contributed by atoms with Crippen molar-refractivity contribution in [3.05, 3.63) is 29.8 Å². The van der Waals surface area contributed by atoms with Crippen LogP contribution in [0, 0.1) is 0 Å². The van der Waals surface area contributed by atoms with Crippen molar-refractivity contribution in [2.24, 2.45) is 4.99 Å². The first kappa shape index (κ1) is 11.5. The standard InChI is InChI=1S/C11H17N3O/c1-12-10-7-5-4-6-9(10)11(13-8-15)14(2)3/h4-7,12,15H,8H2,1-3H3/b13-11+. The van der Waals surface area contributed by atoms with E-state index in [2.05, 4.69) is 10.3 Å². The van der Waals surface area contributed by atoms with Crippen molar-refractivity contribution in [3.8, 4) is 0 Å². The maximum Gasteiger partial charge on any atom is 0.136 e. The van der Waals surface area contributed by atoms with Crippen LogP contribution in [0.4, 0.5) is 5.69 Å². The zero-order valence-corrected chi connectivity index (χ0v) is 9.36. The summed E-state index contributed by atoms with van der Waals surface area (Å²) in [6, 6.07) is 7.86. The number of aliphatic hydroxyl groups is 1. The Morgan fingerprint density at radius 3 is 2.60 bits per heavy atom. The number of rotatable bonds is 3. The minimum atomic E-state index is -0.203. The summed E-state index contributed by atoms with van der Waals surface area (Å²) >= 11 is 0. The Morgan fingerprint density at radius 2 is 2.07 bits per heavy atom. The van der Waals surface area contributed by atoms with Gasteiger partial charge in [0.2, 0.25) is 0 Å². The number of benzene rings is 1. The molecule has 0 saturated carbocycles. The van der Waals surface area contributed by atoms with Gasteiger partial charge in [0.1, 0.15) is 12.6 Å². The van der Waals surface area contributed by atoms with E-state index >= 15 is 0 Å². The van der Waals surface area contributed by atoms with Gasteiger partial charge in [-0.05, 0) is 12.1 Å². The van der Waals surface area contributed by atoms with E-state index in [9.17, 15) is 0 Å². The summed E-state index contributed by atoms with van der Waals surface area (Å²) in [4.78, 5) is 5.94. The summed E-state index contributed by atoms with van der Waals surface area (Å²) < 4.78 is 0. The zero-order valence-electron chi connectivity index (χ0n) is 9.36. The van der Waals surface area contributed by atoms with E-state index in [0.29, 0.717) is 0 Å². The van der Waals surface area contributed by atoms with Crippen LogP contribution in [0.5, 0.6) is 0 Å². The molecule has 2 N–H and O–H groups in total. The van der Waals surface area contributed by atoms with Gasteiger partial charge in [0.15, 0.2) is 0 Å². The van der Waals surface area contributed by atoms with E-state index in [0.717, 1.165) is 17.1 Å². The van der Waals surface area contributed by atoms with Crippen LogP contribution in [0.25, 0.3) is 0 Å². The molecule has 0 unspecified atom stereocenters. The fourth-order valence-corrected chi connectivity index (χ4v) is 1.43. The summed E-state index contributed by atoms with van der Waals surface area (Å²) in [5, 5.41) is 12.0. The lowest BCUT2D eigenvalue weighted by Gasteiger charge is -2.18. The minimum Gasteiger partial charge on any atom is -0.388 e. The van der Waals surface area contributed by atoms with Gasteiger partial charge in [-0.1, -0.05) is 12.1 Å². The van der Waals surface area contributed by atoms with Gasteiger partial charge in [-0.2, -0.15) is 0 Å². The Bertz CT molecular complexity index is 347. The molecular weight excluding hydrogens is 190 g/mol. The van der Waals surface area contributed by atoms with Gasteiger partial charge in [-0.25, -0.2) is 4.99 Å². The van der Waals surface area contributed by atoms with Gasteiger partial charge >= 0.3 is 0 Å². The average molecular weight is 207 g/mol. The van der Waals surface area contributed by atoms with E-state index < -0.39 is 0 Å². The van der Waals surface area contributed by atoms with Crippen molar-refractivity contribution in [1.82, 2.24) is 4.90 Å². The molecule has 0 aliphatic carbocycles. The molecule has 0 saturated heterocycles. The highest BCUT2D eigenvalue weighted by atomic mass is 16.3. The third kappa shape index (κ3) is 2.70. The molecule has 0 atom stereocenters. The highest BCUT2D eigenvalue weighted by Crippen LogP contribution is 2.16. The predicted octanol–water partition coefficient (Wildman–Crippen LogP) is 0.986. The van der Waals surface area contributed by atoms with Crippen LogP contribution in [0.3, 0.4) is 0 Å². The minimum absolute atomic E-state index is 0.203. The topological polar surface area (TPSA) is 47.9 Å². The van der Waals surface area contributed by atoms with Crippen LogP contribution in [-0.2, 0) is 0 Å². The van der Waals surface area contributed by atoms with Crippen molar-refractivity contribution in [1.29, 1.82) is 0 Å². The van der Waals surface area contributed by atoms with E-state index in [1.807, 2.05) is 50.3 Å². The molecule has 0 fully saturated rings. The second-order valence-electron chi connectivity index (χ2n) is 3.31. The Kier molecular flexibility index (Phi) is 4.12. The number of aliphatic imine (C=N–C) groups is 1. The van der Waals surface area contributed by atoms with Crippen LogP contribution in [0.15, 0.2) is 29.3 Å². The van der Waals surface area contributed by atoms with Gasteiger partial charge in [0, 0.05) is 32.4 Å². The smallest absolute Gasteiger partial charge is 0.136 e. The van der Waals surface area contributed by atoms with Gasteiger partial charge in [-0.15, -0.1) is 0 Å². The summed E-state index contributed by atoms with van der Waals surface area (Å²) in [6.45, 7) is -0.203. The van der Waals surface area contributed by atoms with E-state index in [4.69, 9.17) is 5.11 Å². The van der Waals surface area contributed by atoms with Gasteiger partial charge < -0.3 is 15.3 Å². The van der Waals surface area contributed by atoms with Crippen LogP contribution in [-0.4, -0.2) is 43.7 Å². The number of anilines is 1. The maximum absolute atomic E-state index is 8.88. The van der Waals surface area contributed by atoms with E-state index in [1.54, 1.807) is 0 Å². The molecule has 82 valence electrons. The molecule has 0 aromatic heterocycles. The molecule has 0 bridgehead atoms. The van der Waals surface area contributed by atoms with Crippen LogP contribution in [0.2, 0.25) is 0 Å². The second-order valence-corrected chi connectivity index (χ2v) is 3.31. The fraction of sp³-hybridized carbons (Fsp3) is 0.364. The first-order chi connectivity index (χ1) is 7.20. The first-order valence-electron chi connectivity index (χ1n) is 4.80. The molecule has 0 heterocycles. The quantitative estimate of drug-likeness (QED) is 0.574. The molecule has 1 aromatic rings. The van der Waals surface area contributed by atoms with Crippen molar-refractivity contribution in [3.63, 3.8) is 0 Å². The lowest BCUT2D eigenvalue weighted by molar-refractivity contribution is 0.307. The molecule has 0 amide bonds. The SMILES string of the molecule is CNc1ccccc1/C(=N\CO)N(C)C. The van der Waals surface area contributed by atoms with Crippen molar-refractivity contribution >= 4 is 11.5 Å². The highest BCUT2D eigenvalue weighted by Gasteiger charge is 2.09. The lowest BCUT2D eigenvalue weighted by Crippen LogP contribution is -2.24. The van der Waals surface area contributed by atoms with E-state index in [-0.39, 0.29) is 6.73 Å². The number of hydrogen-bond donors (Lipinski definition) is 2. The van der Waals surface area contributed by atoms with Crippen LogP contribution in [0.1, 0.15) is 5.56 Å². The normalized spacial score (nSPS) is 11.3. The van der Waals surface area contributed by atoms with Crippen LogP contribution >= 0.6 is 0 Å². The number of para-hydroxylation sites is 1. The Balaban J connectivity index is 3.16. The largest absolute Gasteiger partial charge is 0.388 e. The molecule has 1 aromatic carbocycles. The highest BCUT2D eigenvalue weighted by molar-refractivity contribution is 6.03. The summed E-state index contributed by atoms with van der Waals surface area (Å²) in [6.07, 6.45) is 0. The summed E-state index contributed by atoms with van der Waals surface area (Å²) in [5.41, 5.74) is 1.98. The number of hydrogen-bond acceptors (Lipinski definition) is 3. The third-order valence-electron chi connectivity index (χ3n) is 2.08. The van der Waals surface area contributed by atoms with Crippen molar-refractivity contribution in [2.45, 2.75) is 0 Å². The van der Waals surface area contributed by atoms with Gasteiger partial charge in [0.25, 0.3) is 0 Å². The third-order valence-corrected chi connectivity index (χ3v) is 2.08. The number of nitrogens with one attached hydrogen (secondary N) is 1. The van der Waals surface area contributed by atoms with Crippen molar-refractivity contribution < 1.29 is 5.11 Å². The zero-order chi connectivity index (χ0) is 11.3. The Labute approximate surface area is 90.3 Å². The first-order valence-corrected chi connectivity index (χ1v) is 4.80. The molecule has 4 nitrogen and oxygen atoms in total. The van der Waals surface area contributed by atoms with Crippen molar-refractivity contribution in [2.75, 3.05) is 33.2 Å². The van der Waals surface area contributed by atoms with Gasteiger partial charge in [0.05, 0.1) is 0 Å².